The first-order valence-corrected chi connectivity index (χ1v) is 12.0. The van der Waals surface area contributed by atoms with Crippen LogP contribution in [0.15, 0.2) is 91.0 Å². The quantitative estimate of drug-likeness (QED) is 0.409. The van der Waals surface area contributed by atoms with Crippen molar-refractivity contribution in [1.82, 2.24) is 0 Å². The summed E-state index contributed by atoms with van der Waals surface area (Å²) in [6.07, 6.45) is 0. The van der Waals surface area contributed by atoms with Gasteiger partial charge in [0.05, 0.1) is 0 Å². The van der Waals surface area contributed by atoms with Gasteiger partial charge >= 0.3 is 0 Å². The van der Waals surface area contributed by atoms with Crippen LogP contribution in [0.3, 0.4) is 0 Å². The van der Waals surface area contributed by atoms with Crippen molar-refractivity contribution in [1.29, 1.82) is 0 Å². The van der Waals surface area contributed by atoms with Gasteiger partial charge in [-0.2, -0.15) is 0 Å². The van der Waals surface area contributed by atoms with Gasteiger partial charge in [0.15, 0.2) is 8.07 Å². The van der Waals surface area contributed by atoms with Crippen molar-refractivity contribution in [3.05, 3.63) is 108 Å². The second kappa shape index (κ2) is 6.32. The molecule has 5 rings (SSSR count). The van der Waals surface area contributed by atoms with Gasteiger partial charge in [0.1, 0.15) is 0 Å². The van der Waals surface area contributed by atoms with Gasteiger partial charge in [0, 0.05) is 0 Å². The van der Waals surface area contributed by atoms with Crippen molar-refractivity contribution in [2.24, 2.45) is 0 Å². The highest BCUT2D eigenvalue weighted by Gasteiger charge is 2.48. The molecule has 28 heavy (non-hydrogen) atoms. The maximum absolute atomic E-state index is 2.48. The molecule has 0 spiro atoms. The predicted molar refractivity (Wildman–Crippen MR) is 123 cm³/mol. The van der Waals surface area contributed by atoms with Crippen LogP contribution >= 0.6 is 0 Å². The van der Waals surface area contributed by atoms with E-state index in [4.69, 9.17) is 0 Å². The Hall–Kier alpha value is -2.90. The number of rotatable bonds is 2. The Bertz CT molecular complexity index is 1130. The molecule has 0 aliphatic carbocycles. The van der Waals surface area contributed by atoms with Gasteiger partial charge in [-0.3, -0.25) is 0 Å². The SMILES string of the molecule is Cc1ccc2c(c1)[Si](c1ccccc1)(c1ccccc1)c1cc(C)c(C)cc1-2. The van der Waals surface area contributed by atoms with E-state index >= 15 is 0 Å². The van der Waals surface area contributed by atoms with Crippen LogP contribution in [-0.2, 0) is 0 Å². The van der Waals surface area contributed by atoms with Gasteiger partial charge in [0.2, 0.25) is 0 Å². The molecule has 4 aromatic carbocycles. The molecule has 0 radical (unpaired) electrons. The summed E-state index contributed by atoms with van der Waals surface area (Å²) in [5, 5.41) is 6.00. The molecule has 1 aliphatic heterocycles. The summed E-state index contributed by atoms with van der Waals surface area (Å²) in [4.78, 5) is 0. The summed E-state index contributed by atoms with van der Waals surface area (Å²) >= 11 is 0. The second-order valence-electron chi connectivity index (χ2n) is 8.01. The zero-order chi connectivity index (χ0) is 19.3. The molecule has 136 valence electrons. The molecule has 1 aliphatic rings. The van der Waals surface area contributed by atoms with Crippen molar-refractivity contribution < 1.29 is 0 Å². The third kappa shape index (κ3) is 2.30. The summed E-state index contributed by atoms with van der Waals surface area (Å²) in [6.45, 7) is 6.70. The van der Waals surface area contributed by atoms with Crippen molar-refractivity contribution >= 4 is 28.8 Å². The molecule has 0 amide bonds. The summed E-state index contributed by atoms with van der Waals surface area (Å²) < 4.78 is 0. The topological polar surface area (TPSA) is 0 Å². The minimum Gasteiger partial charge on any atom is -0.0623 e. The van der Waals surface area contributed by atoms with Crippen LogP contribution in [0.5, 0.6) is 0 Å². The van der Waals surface area contributed by atoms with Crippen LogP contribution in [0.4, 0.5) is 0 Å². The van der Waals surface area contributed by atoms with E-state index in [1.54, 1.807) is 0 Å². The third-order valence-electron chi connectivity index (χ3n) is 6.32. The smallest absolute Gasteiger partial charge is 0.0623 e. The fourth-order valence-corrected chi connectivity index (χ4v) is 10.2. The molecule has 4 aromatic rings. The molecular weight excluding hydrogens is 352 g/mol. The van der Waals surface area contributed by atoms with E-state index in [1.165, 1.54) is 48.6 Å². The van der Waals surface area contributed by atoms with Crippen LogP contribution in [-0.4, -0.2) is 8.07 Å². The maximum Gasteiger partial charge on any atom is 0.180 e. The Morgan fingerprint density at radius 1 is 0.500 bits per heavy atom. The highest BCUT2D eigenvalue weighted by Crippen LogP contribution is 2.30. The van der Waals surface area contributed by atoms with E-state index in [0.717, 1.165) is 0 Å². The molecule has 0 fully saturated rings. The number of aryl methyl sites for hydroxylation is 3. The maximum atomic E-state index is 2.48. The fourth-order valence-electron chi connectivity index (χ4n) is 4.86. The lowest BCUT2D eigenvalue weighted by Crippen LogP contribution is -2.72. The van der Waals surface area contributed by atoms with Crippen LogP contribution in [0, 0.1) is 20.8 Å². The molecule has 0 aromatic heterocycles. The van der Waals surface area contributed by atoms with Crippen molar-refractivity contribution in [2.75, 3.05) is 0 Å². The third-order valence-corrected chi connectivity index (χ3v) is 11.2. The Morgan fingerprint density at radius 3 is 1.64 bits per heavy atom. The van der Waals surface area contributed by atoms with Crippen molar-refractivity contribution in [3.8, 4) is 11.1 Å². The molecule has 1 heteroatoms. The first-order chi connectivity index (χ1) is 13.6. The minimum atomic E-state index is -2.31. The first-order valence-electron chi connectivity index (χ1n) is 9.96. The van der Waals surface area contributed by atoms with E-state index in [-0.39, 0.29) is 0 Å². The highest BCUT2D eigenvalue weighted by molar-refractivity contribution is 7.22. The van der Waals surface area contributed by atoms with Gasteiger partial charge in [0.25, 0.3) is 0 Å². The summed E-state index contributed by atoms with van der Waals surface area (Å²) in [7, 11) is -2.31. The van der Waals surface area contributed by atoms with Crippen molar-refractivity contribution in [2.45, 2.75) is 20.8 Å². The standard InChI is InChI=1S/C27H24Si/c1-19-14-15-24-25-17-20(2)21(3)18-27(25)28(26(24)16-19,22-10-6-4-7-11-22)23-12-8-5-9-13-23/h4-18H,1-3H3. The molecule has 0 nitrogen and oxygen atoms in total. The average molecular weight is 377 g/mol. The molecule has 0 unspecified atom stereocenters. The Labute approximate surface area is 168 Å². The molecule has 0 atom stereocenters. The Morgan fingerprint density at radius 2 is 1.04 bits per heavy atom. The minimum absolute atomic E-state index is 1.34. The van der Waals surface area contributed by atoms with Gasteiger partial charge in [-0.25, -0.2) is 0 Å². The molecule has 0 saturated heterocycles. The molecular formula is C27H24Si. The first kappa shape index (κ1) is 17.2. The summed E-state index contributed by atoms with van der Waals surface area (Å²) in [6, 6.07) is 34.4. The number of fused-ring (bicyclic) bond motifs is 3. The number of hydrogen-bond acceptors (Lipinski definition) is 0. The van der Waals surface area contributed by atoms with Crippen LogP contribution < -0.4 is 20.7 Å². The van der Waals surface area contributed by atoms with Crippen LogP contribution in [0.25, 0.3) is 11.1 Å². The van der Waals surface area contributed by atoms with Gasteiger partial charge in [-0.15, -0.1) is 0 Å². The van der Waals surface area contributed by atoms with Crippen molar-refractivity contribution in [3.63, 3.8) is 0 Å². The summed E-state index contributed by atoms with van der Waals surface area (Å²) in [5.41, 5.74) is 6.94. The monoisotopic (exact) mass is 376 g/mol. The normalized spacial score (nSPS) is 13.8. The lowest BCUT2D eigenvalue weighted by atomic mass is 10.00. The van der Waals surface area contributed by atoms with Crippen LogP contribution in [0.1, 0.15) is 16.7 Å². The lowest BCUT2D eigenvalue weighted by molar-refractivity contribution is 1.35. The number of benzene rings is 4. The molecule has 0 saturated carbocycles. The van der Waals surface area contributed by atoms with Gasteiger partial charge < -0.3 is 0 Å². The zero-order valence-corrected chi connectivity index (χ0v) is 17.7. The number of hydrogen-bond donors (Lipinski definition) is 0. The van der Waals surface area contributed by atoms with E-state index < -0.39 is 8.07 Å². The average Bonchev–Trinajstić information content (AvgIpc) is 2.99. The van der Waals surface area contributed by atoms with E-state index in [1.807, 2.05) is 0 Å². The Kier molecular flexibility index (Phi) is 3.89. The molecule has 1 heterocycles. The van der Waals surface area contributed by atoms with E-state index in [9.17, 15) is 0 Å². The molecule has 0 N–H and O–H groups in total. The van der Waals surface area contributed by atoms with Crippen LogP contribution in [0.2, 0.25) is 0 Å². The lowest BCUT2D eigenvalue weighted by Gasteiger charge is -2.31. The van der Waals surface area contributed by atoms with E-state index in [0.29, 0.717) is 0 Å². The highest BCUT2D eigenvalue weighted by atomic mass is 28.3. The zero-order valence-electron chi connectivity index (χ0n) is 16.7. The molecule has 0 bridgehead atoms. The predicted octanol–water partition coefficient (Wildman–Crippen LogP) is 3.97. The van der Waals surface area contributed by atoms with Gasteiger partial charge in [-0.1, -0.05) is 96.6 Å². The van der Waals surface area contributed by atoms with Gasteiger partial charge in [-0.05, 0) is 63.8 Å². The largest absolute Gasteiger partial charge is 0.180 e. The Balaban J connectivity index is 2.00. The second-order valence-corrected chi connectivity index (χ2v) is 11.7. The fraction of sp³-hybridized carbons (Fsp3) is 0.111. The summed E-state index contributed by atoms with van der Waals surface area (Å²) in [5.74, 6) is 0. The van der Waals surface area contributed by atoms with E-state index in [2.05, 4.69) is 112 Å².